The molecule has 0 saturated heterocycles. The van der Waals surface area contributed by atoms with Crippen LogP contribution < -0.4 is 0 Å². The van der Waals surface area contributed by atoms with Crippen LogP contribution in [0.1, 0.15) is 44.5 Å². The van der Waals surface area contributed by atoms with Crippen molar-refractivity contribution in [2.24, 2.45) is 0 Å². The Labute approximate surface area is 507 Å². The summed E-state index contributed by atoms with van der Waals surface area (Å²) in [5, 5.41) is 4.58. The van der Waals surface area contributed by atoms with Gasteiger partial charge in [-0.05, 0) is 103 Å². The van der Waals surface area contributed by atoms with E-state index < -0.39 is 10.8 Å². The van der Waals surface area contributed by atoms with Crippen LogP contribution in [0.4, 0.5) is 0 Å². The molecule has 12 aromatic carbocycles. The van der Waals surface area contributed by atoms with Crippen molar-refractivity contribution in [2.45, 2.75) is 10.8 Å². The third-order valence-electron chi connectivity index (χ3n) is 19.2. The number of nitrogens with zero attached hydrogens (tertiary/aromatic N) is 6. The Bertz CT molecular complexity index is 5020. The largest absolute Gasteiger partial charge is 0.294 e. The van der Waals surface area contributed by atoms with E-state index in [0.29, 0.717) is 11.6 Å². The summed E-state index contributed by atoms with van der Waals surface area (Å²) in [4.78, 5) is 21.8. The number of para-hydroxylation sites is 2. The molecule has 6 heteroatoms. The predicted molar refractivity (Wildman–Crippen MR) is 356 cm³/mol. The Morgan fingerprint density at radius 2 is 0.511 bits per heavy atom. The molecule has 0 radical (unpaired) electrons. The number of rotatable bonds is 6. The van der Waals surface area contributed by atoms with E-state index in [-0.39, 0.29) is 0 Å². The third-order valence-corrected chi connectivity index (χ3v) is 19.2. The third kappa shape index (κ3) is 6.60. The number of benzene rings is 12. The summed E-state index contributed by atoms with van der Waals surface area (Å²) < 4.78 is 4.83. The van der Waals surface area contributed by atoms with Gasteiger partial charge in [0.1, 0.15) is 11.6 Å². The molecule has 3 aliphatic carbocycles. The first-order valence-corrected chi connectivity index (χ1v) is 30.2. The zero-order valence-corrected chi connectivity index (χ0v) is 47.6. The molecule has 0 aliphatic heterocycles. The van der Waals surface area contributed by atoms with Crippen LogP contribution in [0.5, 0.6) is 0 Å². The highest BCUT2D eigenvalue weighted by atomic mass is 15.1. The van der Waals surface area contributed by atoms with Crippen molar-refractivity contribution in [3.8, 4) is 79.2 Å². The standard InChI is InChI=1S/C82H50N6/c1-5-25-51(26-6-1)71-49-77(85-79(83-71)53-29-9-3-10-30-53)87-73-43-23-17-37-59(73)61-45-67-69(47-75(61)87)81(63-39-19-13-33-55(63)56-34-14-20-40-64(56)81)68-46-62-60-38-18-24-44-74(60)88(78-50-72(52-27-7-2-8-28-52)84-80(86-78)54-31-11-4-12-32-54)76(62)48-70(68)82(67)65-41-21-15-35-57(65)58-36-16-22-42-66(58)82/h1-50H. The van der Waals surface area contributed by atoms with E-state index >= 15 is 0 Å². The van der Waals surface area contributed by atoms with Crippen molar-refractivity contribution in [3.05, 3.63) is 348 Å². The van der Waals surface area contributed by atoms with Crippen molar-refractivity contribution in [1.82, 2.24) is 29.1 Å². The van der Waals surface area contributed by atoms with Crippen molar-refractivity contribution in [2.75, 3.05) is 0 Å². The van der Waals surface area contributed by atoms with Gasteiger partial charge in [0.15, 0.2) is 11.6 Å². The van der Waals surface area contributed by atoms with Crippen LogP contribution in [-0.4, -0.2) is 29.1 Å². The van der Waals surface area contributed by atoms with E-state index in [1.165, 1.54) is 66.8 Å². The average Bonchev–Trinajstić information content (AvgIpc) is 1.38. The molecule has 4 aromatic heterocycles. The number of fused-ring (bicyclic) bond motifs is 22. The molecule has 0 N–H and O–H groups in total. The molecule has 4 heterocycles. The van der Waals surface area contributed by atoms with Gasteiger partial charge in [0.05, 0.1) is 44.3 Å². The average molecular weight is 1120 g/mol. The molecule has 88 heavy (non-hydrogen) atoms. The fourth-order valence-electron chi connectivity index (χ4n) is 15.7. The van der Waals surface area contributed by atoms with E-state index in [4.69, 9.17) is 19.9 Å². The monoisotopic (exact) mass is 1120 g/mol. The molecule has 0 saturated carbocycles. The number of aromatic nitrogens is 6. The normalized spacial score (nSPS) is 13.6. The Kier molecular flexibility index (Phi) is 10.2. The fourth-order valence-corrected chi connectivity index (χ4v) is 15.7. The van der Waals surface area contributed by atoms with E-state index in [0.717, 1.165) is 88.9 Å². The van der Waals surface area contributed by atoms with Crippen LogP contribution in [0, 0.1) is 0 Å². The maximum Gasteiger partial charge on any atom is 0.162 e. The van der Waals surface area contributed by atoms with Crippen LogP contribution in [0.3, 0.4) is 0 Å². The zero-order chi connectivity index (χ0) is 57.7. The number of hydrogen-bond donors (Lipinski definition) is 0. The summed E-state index contributed by atoms with van der Waals surface area (Å²) in [5.74, 6) is 2.93. The SMILES string of the molecule is c1ccc(-c2cc(-n3c4ccccc4c4cc5c(cc43)C3(c4ccccc4-c4ccccc43)c3cc4c6ccccc6n(-c6cc(-c7ccccc7)nc(-c7ccccc7)n6)c4cc3C53c4ccccc4-c4ccccc43)nc(-c3ccccc3)n2)cc1. The molecule has 408 valence electrons. The molecule has 2 spiro atoms. The predicted octanol–water partition coefficient (Wildman–Crippen LogP) is 19.2. The molecule has 0 bridgehead atoms. The van der Waals surface area contributed by atoms with Crippen LogP contribution in [-0.2, 0) is 10.8 Å². The zero-order valence-electron chi connectivity index (χ0n) is 47.6. The summed E-state index contributed by atoms with van der Waals surface area (Å²) in [7, 11) is 0. The van der Waals surface area contributed by atoms with Crippen LogP contribution in [0.2, 0.25) is 0 Å². The van der Waals surface area contributed by atoms with Crippen molar-refractivity contribution >= 4 is 43.6 Å². The minimum atomic E-state index is -0.825. The van der Waals surface area contributed by atoms with Gasteiger partial charge in [0.2, 0.25) is 0 Å². The maximum atomic E-state index is 5.59. The molecule has 3 aliphatic rings. The Balaban J connectivity index is 1.00. The van der Waals surface area contributed by atoms with E-state index in [1.54, 1.807) is 0 Å². The lowest BCUT2D eigenvalue weighted by molar-refractivity contribution is 0.635. The lowest BCUT2D eigenvalue weighted by atomic mass is 9.52. The molecule has 19 rings (SSSR count). The van der Waals surface area contributed by atoms with Gasteiger partial charge < -0.3 is 0 Å². The first kappa shape index (κ1) is 48.7. The minimum Gasteiger partial charge on any atom is -0.294 e. The van der Waals surface area contributed by atoms with Gasteiger partial charge in [0, 0.05) is 55.9 Å². The molecule has 0 amide bonds. The second-order valence-electron chi connectivity index (χ2n) is 23.6. The second kappa shape index (κ2) is 18.5. The van der Waals surface area contributed by atoms with E-state index in [1.807, 2.05) is 12.1 Å². The van der Waals surface area contributed by atoms with E-state index in [2.05, 4.69) is 300 Å². The van der Waals surface area contributed by atoms with Gasteiger partial charge in [0.25, 0.3) is 0 Å². The quantitative estimate of drug-likeness (QED) is 0.166. The smallest absolute Gasteiger partial charge is 0.162 e. The molecule has 0 fully saturated rings. The summed E-state index contributed by atoms with van der Waals surface area (Å²) in [6.45, 7) is 0. The Hall–Kier alpha value is -11.6. The maximum absolute atomic E-state index is 5.59. The lowest BCUT2D eigenvalue weighted by Gasteiger charge is -2.49. The van der Waals surface area contributed by atoms with Crippen molar-refractivity contribution in [3.63, 3.8) is 0 Å². The van der Waals surface area contributed by atoms with Gasteiger partial charge in [-0.2, -0.15) is 0 Å². The minimum absolute atomic E-state index is 0.667. The fraction of sp³-hybridized carbons (Fsp3) is 0.0244. The molecule has 0 unspecified atom stereocenters. The molecular formula is C82H50N6. The lowest BCUT2D eigenvalue weighted by Crippen LogP contribution is -2.44. The van der Waals surface area contributed by atoms with Crippen LogP contribution in [0.25, 0.3) is 123 Å². The summed E-state index contributed by atoms with van der Waals surface area (Å²) in [6.07, 6.45) is 0. The van der Waals surface area contributed by atoms with Gasteiger partial charge in [-0.1, -0.05) is 255 Å². The van der Waals surface area contributed by atoms with Gasteiger partial charge >= 0.3 is 0 Å². The van der Waals surface area contributed by atoms with Gasteiger partial charge in [-0.3, -0.25) is 9.13 Å². The molecular weight excluding hydrogens is 1070 g/mol. The molecule has 6 nitrogen and oxygen atoms in total. The van der Waals surface area contributed by atoms with Crippen LogP contribution >= 0.6 is 0 Å². The summed E-state index contributed by atoms with van der Waals surface area (Å²) in [6, 6.07) is 111. The topological polar surface area (TPSA) is 61.4 Å². The van der Waals surface area contributed by atoms with Crippen LogP contribution in [0.15, 0.2) is 303 Å². The summed E-state index contributed by atoms with van der Waals surface area (Å²) >= 11 is 0. The first-order valence-electron chi connectivity index (χ1n) is 30.2. The first-order chi connectivity index (χ1) is 43.6. The summed E-state index contributed by atoms with van der Waals surface area (Å²) in [5.41, 5.74) is 23.2. The van der Waals surface area contributed by atoms with E-state index in [9.17, 15) is 0 Å². The second-order valence-corrected chi connectivity index (χ2v) is 23.6. The molecule has 0 atom stereocenters. The Morgan fingerprint density at radius 1 is 0.216 bits per heavy atom. The Morgan fingerprint density at radius 3 is 0.875 bits per heavy atom. The number of hydrogen-bond acceptors (Lipinski definition) is 4. The van der Waals surface area contributed by atoms with Crippen molar-refractivity contribution < 1.29 is 0 Å². The highest BCUT2D eigenvalue weighted by molar-refractivity contribution is 6.13. The molecule has 16 aromatic rings. The van der Waals surface area contributed by atoms with Gasteiger partial charge in [-0.15, -0.1) is 0 Å². The highest BCUT2D eigenvalue weighted by Crippen LogP contribution is 2.68. The van der Waals surface area contributed by atoms with Crippen molar-refractivity contribution in [1.29, 1.82) is 0 Å². The van der Waals surface area contributed by atoms with Gasteiger partial charge in [-0.25, -0.2) is 19.9 Å². The highest BCUT2D eigenvalue weighted by Gasteiger charge is 2.59.